The van der Waals surface area contributed by atoms with E-state index in [1.54, 1.807) is 12.3 Å². The zero-order valence-corrected chi connectivity index (χ0v) is 13.0. The first-order valence-electron chi connectivity index (χ1n) is 7.40. The van der Waals surface area contributed by atoms with Crippen molar-refractivity contribution in [1.29, 1.82) is 0 Å². The maximum absolute atomic E-state index is 12.4. The summed E-state index contributed by atoms with van der Waals surface area (Å²) < 4.78 is 5.53. The molecule has 1 fully saturated rings. The second kappa shape index (κ2) is 7.42. The van der Waals surface area contributed by atoms with Crippen molar-refractivity contribution in [1.82, 2.24) is 10.3 Å². The van der Waals surface area contributed by atoms with Crippen LogP contribution in [0.3, 0.4) is 0 Å². The van der Waals surface area contributed by atoms with E-state index in [9.17, 15) is 4.79 Å². The van der Waals surface area contributed by atoms with E-state index in [1.165, 1.54) is 11.8 Å². The smallest absolute Gasteiger partial charge is 0.254 e. The maximum atomic E-state index is 12.4. The molecule has 1 N–H and O–H groups in total. The molecule has 4 nitrogen and oxygen atoms in total. The summed E-state index contributed by atoms with van der Waals surface area (Å²) in [5, 5.41) is 3.67. The molecule has 1 atom stereocenters. The van der Waals surface area contributed by atoms with Gasteiger partial charge >= 0.3 is 0 Å². The Morgan fingerprint density at radius 1 is 1.27 bits per heavy atom. The number of hydrogen-bond acceptors (Lipinski definition) is 4. The van der Waals surface area contributed by atoms with Crippen LogP contribution in [0.15, 0.2) is 58.6 Å². The van der Waals surface area contributed by atoms with E-state index in [2.05, 4.69) is 10.3 Å². The molecule has 1 unspecified atom stereocenters. The lowest BCUT2D eigenvalue weighted by Crippen LogP contribution is -2.32. The molecule has 114 valence electrons. The molecule has 0 radical (unpaired) electrons. The van der Waals surface area contributed by atoms with Crippen molar-refractivity contribution >= 4 is 17.7 Å². The second-order valence-electron chi connectivity index (χ2n) is 5.12. The zero-order valence-electron chi connectivity index (χ0n) is 12.2. The lowest BCUT2D eigenvalue weighted by atomic mass is 10.2. The summed E-state index contributed by atoms with van der Waals surface area (Å²) in [6.07, 6.45) is 3.94. The summed E-state index contributed by atoms with van der Waals surface area (Å²) in [5.41, 5.74) is 0.606. The van der Waals surface area contributed by atoms with Gasteiger partial charge in [-0.05, 0) is 37.1 Å². The highest BCUT2D eigenvalue weighted by Crippen LogP contribution is 2.28. The fourth-order valence-corrected chi connectivity index (χ4v) is 3.25. The van der Waals surface area contributed by atoms with Crippen LogP contribution in [0, 0.1) is 0 Å². The fraction of sp³-hybridized carbons (Fsp3) is 0.294. The molecule has 0 spiro atoms. The Balaban J connectivity index is 1.68. The number of nitrogens with one attached hydrogen (secondary N) is 1. The van der Waals surface area contributed by atoms with Gasteiger partial charge in [0.25, 0.3) is 5.91 Å². The largest absolute Gasteiger partial charge is 0.376 e. The number of ether oxygens (including phenoxy) is 1. The van der Waals surface area contributed by atoms with Gasteiger partial charge in [0.15, 0.2) is 0 Å². The van der Waals surface area contributed by atoms with Gasteiger partial charge in [-0.25, -0.2) is 4.98 Å². The number of rotatable bonds is 5. The average molecular weight is 314 g/mol. The van der Waals surface area contributed by atoms with Gasteiger partial charge in [-0.2, -0.15) is 0 Å². The van der Waals surface area contributed by atoms with Crippen LogP contribution in [0.5, 0.6) is 0 Å². The van der Waals surface area contributed by atoms with E-state index in [4.69, 9.17) is 4.74 Å². The molecule has 22 heavy (non-hydrogen) atoms. The normalized spacial score (nSPS) is 17.4. The topological polar surface area (TPSA) is 51.2 Å². The minimum atomic E-state index is -0.0953. The van der Waals surface area contributed by atoms with Gasteiger partial charge in [-0.3, -0.25) is 4.79 Å². The lowest BCUT2D eigenvalue weighted by molar-refractivity contribution is 0.0855. The van der Waals surface area contributed by atoms with Crippen LogP contribution >= 0.6 is 11.8 Å². The lowest BCUT2D eigenvalue weighted by Gasteiger charge is -2.12. The van der Waals surface area contributed by atoms with Gasteiger partial charge in [-0.15, -0.1) is 0 Å². The number of hydrogen-bond donors (Lipinski definition) is 1. The molecule has 1 aromatic carbocycles. The Bertz CT molecular complexity index is 628. The predicted octanol–water partition coefficient (Wildman–Crippen LogP) is 3.14. The number of pyridine rings is 1. The molecule has 2 aromatic rings. The van der Waals surface area contributed by atoms with Crippen molar-refractivity contribution in [2.75, 3.05) is 13.2 Å². The third-order valence-corrected chi connectivity index (χ3v) is 4.51. The Morgan fingerprint density at radius 2 is 2.14 bits per heavy atom. The van der Waals surface area contributed by atoms with Crippen molar-refractivity contribution in [3.05, 3.63) is 54.2 Å². The monoisotopic (exact) mass is 314 g/mol. The van der Waals surface area contributed by atoms with Gasteiger partial charge < -0.3 is 10.1 Å². The van der Waals surface area contributed by atoms with Gasteiger partial charge in [0, 0.05) is 24.2 Å². The second-order valence-corrected chi connectivity index (χ2v) is 6.18. The summed E-state index contributed by atoms with van der Waals surface area (Å²) in [6.45, 7) is 1.35. The third-order valence-electron chi connectivity index (χ3n) is 3.49. The van der Waals surface area contributed by atoms with E-state index in [0.29, 0.717) is 12.1 Å². The fourth-order valence-electron chi connectivity index (χ4n) is 2.35. The van der Waals surface area contributed by atoms with Crippen molar-refractivity contribution in [3.8, 4) is 0 Å². The van der Waals surface area contributed by atoms with Crippen LogP contribution in [0.2, 0.25) is 0 Å². The number of aromatic nitrogens is 1. The van der Waals surface area contributed by atoms with Gasteiger partial charge in [0.05, 0.1) is 11.7 Å². The van der Waals surface area contributed by atoms with Gasteiger partial charge in [-0.1, -0.05) is 30.0 Å². The van der Waals surface area contributed by atoms with E-state index < -0.39 is 0 Å². The van der Waals surface area contributed by atoms with Gasteiger partial charge in [0.2, 0.25) is 0 Å². The van der Waals surface area contributed by atoms with E-state index >= 15 is 0 Å². The quantitative estimate of drug-likeness (QED) is 0.921. The number of amides is 1. The van der Waals surface area contributed by atoms with Crippen molar-refractivity contribution in [3.63, 3.8) is 0 Å². The first kappa shape index (κ1) is 15.1. The van der Waals surface area contributed by atoms with Crippen molar-refractivity contribution in [2.24, 2.45) is 0 Å². The summed E-state index contributed by atoms with van der Waals surface area (Å²) >= 11 is 1.50. The van der Waals surface area contributed by atoms with E-state index in [-0.39, 0.29) is 12.0 Å². The highest BCUT2D eigenvalue weighted by molar-refractivity contribution is 7.99. The molecule has 3 rings (SSSR count). The molecule has 0 saturated carbocycles. The summed E-state index contributed by atoms with van der Waals surface area (Å²) in [7, 11) is 0. The average Bonchev–Trinajstić information content (AvgIpc) is 3.08. The first-order chi connectivity index (χ1) is 10.8. The number of nitrogens with zero attached hydrogens (tertiary/aromatic N) is 1. The number of benzene rings is 1. The summed E-state index contributed by atoms with van der Waals surface area (Å²) in [4.78, 5) is 17.8. The minimum Gasteiger partial charge on any atom is -0.376 e. The summed E-state index contributed by atoms with van der Waals surface area (Å²) in [6, 6.07) is 13.5. The van der Waals surface area contributed by atoms with Crippen LogP contribution in [0.1, 0.15) is 23.2 Å². The van der Waals surface area contributed by atoms with Gasteiger partial charge in [0.1, 0.15) is 5.03 Å². The molecule has 1 aliphatic heterocycles. The minimum absolute atomic E-state index is 0.0953. The molecule has 1 aliphatic rings. The molecule has 5 heteroatoms. The first-order valence-corrected chi connectivity index (χ1v) is 8.22. The van der Waals surface area contributed by atoms with Crippen LogP contribution in [-0.2, 0) is 4.74 Å². The maximum Gasteiger partial charge on any atom is 0.254 e. The van der Waals surface area contributed by atoms with E-state index in [0.717, 1.165) is 29.4 Å². The Kier molecular flexibility index (Phi) is 5.08. The van der Waals surface area contributed by atoms with Crippen LogP contribution in [-0.4, -0.2) is 30.1 Å². The van der Waals surface area contributed by atoms with E-state index in [1.807, 2.05) is 36.4 Å². The Labute approximate surface area is 134 Å². The molecule has 1 aromatic heterocycles. The SMILES string of the molecule is O=C(NCC1CCCO1)c1cccnc1Sc1ccccc1. The molecule has 1 amide bonds. The third kappa shape index (κ3) is 3.87. The van der Waals surface area contributed by atoms with Crippen molar-refractivity contribution < 1.29 is 9.53 Å². The molecule has 2 heterocycles. The predicted molar refractivity (Wildman–Crippen MR) is 86.1 cm³/mol. The standard InChI is InChI=1S/C17H18N2O2S/c20-16(19-12-13-6-5-11-21-13)15-9-4-10-18-17(15)22-14-7-2-1-3-8-14/h1-4,7-10,13H,5-6,11-12H2,(H,19,20). The molecular formula is C17H18N2O2S. The molecule has 0 bridgehead atoms. The molecule has 1 saturated heterocycles. The highest BCUT2D eigenvalue weighted by Gasteiger charge is 2.18. The van der Waals surface area contributed by atoms with Crippen molar-refractivity contribution in [2.45, 2.75) is 28.9 Å². The zero-order chi connectivity index (χ0) is 15.2. The van der Waals surface area contributed by atoms with Crippen LogP contribution in [0.4, 0.5) is 0 Å². The van der Waals surface area contributed by atoms with Crippen LogP contribution in [0.25, 0.3) is 0 Å². The summed E-state index contributed by atoms with van der Waals surface area (Å²) in [5.74, 6) is -0.0953. The highest BCUT2D eigenvalue weighted by atomic mass is 32.2. The Hall–Kier alpha value is -1.85. The Morgan fingerprint density at radius 3 is 2.91 bits per heavy atom. The number of carbonyl (C=O) groups is 1. The van der Waals surface area contributed by atoms with Crippen LogP contribution < -0.4 is 5.32 Å². The molecular weight excluding hydrogens is 296 g/mol. The molecule has 0 aliphatic carbocycles. The number of carbonyl (C=O) groups excluding carboxylic acids is 1.